The van der Waals surface area contributed by atoms with Gasteiger partial charge in [-0.05, 0) is 35.5 Å². The summed E-state index contributed by atoms with van der Waals surface area (Å²) in [5, 5.41) is 11.9. The molecule has 1 aromatic rings. The second-order valence-corrected chi connectivity index (χ2v) is 17.1. The molecule has 3 atom stereocenters. The zero-order chi connectivity index (χ0) is 23.1. The first kappa shape index (κ1) is 24.6. The van der Waals surface area contributed by atoms with E-state index in [1.54, 1.807) is 27.4 Å². The van der Waals surface area contributed by atoms with Crippen molar-refractivity contribution in [1.29, 1.82) is 0 Å². The highest BCUT2D eigenvalue weighted by molar-refractivity contribution is 8.78. The van der Waals surface area contributed by atoms with Crippen LogP contribution in [0.25, 0.3) is 0 Å². The van der Waals surface area contributed by atoms with Gasteiger partial charge in [-0.25, -0.2) is 9.48 Å². The van der Waals surface area contributed by atoms with E-state index >= 15 is 0 Å². The summed E-state index contributed by atoms with van der Waals surface area (Å²) in [6.45, 7) is 12.9. The Morgan fingerprint density at radius 2 is 2.03 bits per heavy atom. The van der Waals surface area contributed by atoms with E-state index in [1.165, 1.54) is 29.7 Å². The molecule has 1 aromatic heterocycles. The van der Waals surface area contributed by atoms with Gasteiger partial charge in [-0.15, -0.1) is 5.10 Å². The zero-order valence-electron chi connectivity index (χ0n) is 19.0. The molecule has 2 aliphatic rings. The number of esters is 1. The van der Waals surface area contributed by atoms with Crippen molar-refractivity contribution in [3.05, 3.63) is 10.6 Å². The normalized spacial score (nSPS) is 22.8. The molecule has 2 aliphatic heterocycles. The number of β-lactam (4-membered cyclic amide) rings is 1. The number of hydrogen-bond donors (Lipinski definition) is 0. The maximum Gasteiger partial charge on any atom is 0.355 e. The SMILES string of the molecule is COC(=O)C1=C(CSc2nnnn2C)SS[C@@H]2[C@@H]([C@@H](C)O[Si](C)(C)C(C)(C)C)C(=O)N12. The number of nitrogens with zero attached hydrogens (tertiary/aromatic N) is 5. The third kappa shape index (κ3) is 4.70. The Morgan fingerprint density at radius 3 is 2.58 bits per heavy atom. The topological polar surface area (TPSA) is 99.4 Å². The number of carbonyl (C=O) groups excluding carboxylic acids is 2. The van der Waals surface area contributed by atoms with Crippen LogP contribution in [0.2, 0.25) is 18.1 Å². The lowest BCUT2D eigenvalue weighted by atomic mass is 9.92. The van der Waals surface area contributed by atoms with E-state index < -0.39 is 14.3 Å². The molecule has 1 fully saturated rings. The Kier molecular flexibility index (Phi) is 7.21. The summed E-state index contributed by atoms with van der Waals surface area (Å²) in [6, 6.07) is 0. The van der Waals surface area contributed by atoms with Crippen molar-refractivity contribution < 1.29 is 18.8 Å². The highest BCUT2D eigenvalue weighted by Crippen LogP contribution is 2.54. The monoisotopic (exact) mass is 503 g/mol. The first-order valence-corrected chi connectivity index (χ1v) is 16.0. The van der Waals surface area contributed by atoms with Gasteiger partial charge in [-0.2, -0.15) is 0 Å². The largest absolute Gasteiger partial charge is 0.464 e. The lowest BCUT2D eigenvalue weighted by molar-refractivity contribution is -0.157. The Bertz CT molecular complexity index is 901. The number of methoxy groups -OCH3 is 1. The molecule has 0 aromatic carbocycles. The van der Waals surface area contributed by atoms with E-state index in [4.69, 9.17) is 9.16 Å². The molecule has 0 aliphatic carbocycles. The molecular formula is C18H29N5O4S3Si. The van der Waals surface area contributed by atoms with Crippen molar-refractivity contribution in [1.82, 2.24) is 25.1 Å². The summed E-state index contributed by atoms with van der Waals surface area (Å²) < 4.78 is 13.1. The van der Waals surface area contributed by atoms with Gasteiger partial charge in [-0.1, -0.05) is 54.1 Å². The maximum absolute atomic E-state index is 13.2. The molecule has 0 saturated carbocycles. The zero-order valence-corrected chi connectivity index (χ0v) is 22.5. The smallest absolute Gasteiger partial charge is 0.355 e. The quantitative estimate of drug-likeness (QED) is 0.181. The minimum atomic E-state index is -2.02. The number of carbonyl (C=O) groups is 2. The van der Waals surface area contributed by atoms with Crippen LogP contribution < -0.4 is 0 Å². The summed E-state index contributed by atoms with van der Waals surface area (Å²) >= 11 is 1.41. The van der Waals surface area contributed by atoms with Crippen LogP contribution in [0, 0.1) is 5.92 Å². The molecule has 172 valence electrons. The molecule has 0 unspecified atom stereocenters. The average Bonchev–Trinajstić information content (AvgIpc) is 3.08. The highest BCUT2D eigenvalue weighted by atomic mass is 33.1. The molecule has 13 heteroatoms. The van der Waals surface area contributed by atoms with Crippen molar-refractivity contribution in [2.45, 2.75) is 62.5 Å². The molecule has 0 radical (unpaired) electrons. The lowest BCUT2D eigenvalue weighted by Crippen LogP contribution is -2.65. The fraction of sp³-hybridized carbons (Fsp3) is 0.722. The number of thioether (sulfide) groups is 1. The van der Waals surface area contributed by atoms with Crippen LogP contribution in [0.3, 0.4) is 0 Å². The van der Waals surface area contributed by atoms with Crippen molar-refractivity contribution in [3.8, 4) is 0 Å². The standard InChI is InChI=1S/C18H29N5O4S3Si/c1-10(27-31(7,8)18(2,3)4)12-14(24)23-13(16(25)26-6)11(29-30-15(12)23)9-28-17-19-20-21-22(17)5/h10,12,15H,9H2,1-8H3/t10-,12+,15-/m1/s1. The Labute approximate surface area is 196 Å². The summed E-state index contributed by atoms with van der Waals surface area (Å²) in [5.41, 5.74) is 0.319. The van der Waals surface area contributed by atoms with Gasteiger partial charge >= 0.3 is 5.97 Å². The maximum atomic E-state index is 13.2. The number of tetrazole rings is 1. The molecule has 3 heterocycles. The summed E-state index contributed by atoms with van der Waals surface area (Å²) in [5.74, 6) is -0.419. The first-order chi connectivity index (χ1) is 14.4. The predicted octanol–water partition coefficient (Wildman–Crippen LogP) is 3.28. The minimum absolute atomic E-state index is 0.0539. The minimum Gasteiger partial charge on any atom is -0.464 e. The molecule has 3 rings (SSSR count). The molecule has 0 bridgehead atoms. The first-order valence-electron chi connectivity index (χ1n) is 9.90. The summed E-state index contributed by atoms with van der Waals surface area (Å²) in [6.07, 6.45) is -0.220. The second-order valence-electron chi connectivity index (χ2n) is 9.02. The van der Waals surface area contributed by atoms with E-state index in [2.05, 4.69) is 49.4 Å². The van der Waals surface area contributed by atoms with E-state index in [0.29, 0.717) is 16.6 Å². The number of amides is 1. The van der Waals surface area contributed by atoms with Gasteiger partial charge in [0.1, 0.15) is 11.1 Å². The van der Waals surface area contributed by atoms with Gasteiger partial charge in [0, 0.05) is 17.7 Å². The molecule has 0 spiro atoms. The number of aromatic nitrogens is 4. The predicted molar refractivity (Wildman–Crippen MR) is 126 cm³/mol. The van der Waals surface area contributed by atoms with Gasteiger partial charge in [0.25, 0.3) is 0 Å². The van der Waals surface area contributed by atoms with Crippen LogP contribution in [0.15, 0.2) is 15.8 Å². The van der Waals surface area contributed by atoms with E-state index in [9.17, 15) is 9.59 Å². The van der Waals surface area contributed by atoms with Crippen LogP contribution in [0.5, 0.6) is 0 Å². The van der Waals surface area contributed by atoms with Crippen LogP contribution in [-0.2, 0) is 25.8 Å². The number of rotatable bonds is 7. The average molecular weight is 504 g/mol. The lowest BCUT2D eigenvalue weighted by Gasteiger charge is -2.52. The molecule has 1 saturated heterocycles. The second kappa shape index (κ2) is 9.08. The number of aryl methyl sites for hydroxylation is 1. The summed E-state index contributed by atoms with van der Waals surface area (Å²) in [7, 11) is 4.16. The van der Waals surface area contributed by atoms with Crippen molar-refractivity contribution in [3.63, 3.8) is 0 Å². The van der Waals surface area contributed by atoms with Crippen LogP contribution >= 0.6 is 33.3 Å². The van der Waals surface area contributed by atoms with Gasteiger partial charge < -0.3 is 9.16 Å². The fourth-order valence-corrected chi connectivity index (χ4v) is 8.80. The molecule has 0 N–H and O–H groups in total. The molecule has 1 amide bonds. The third-order valence-corrected chi connectivity index (χ3v) is 14.5. The number of ether oxygens (including phenoxy) is 1. The van der Waals surface area contributed by atoms with Gasteiger partial charge in [0.15, 0.2) is 8.32 Å². The van der Waals surface area contributed by atoms with Crippen molar-refractivity contribution in [2.75, 3.05) is 12.9 Å². The third-order valence-electron chi connectivity index (χ3n) is 5.92. The Hall–Kier alpha value is -1.02. The van der Waals surface area contributed by atoms with Crippen LogP contribution in [-0.4, -0.2) is 69.6 Å². The van der Waals surface area contributed by atoms with Crippen LogP contribution in [0.1, 0.15) is 27.7 Å². The van der Waals surface area contributed by atoms with Gasteiger partial charge in [0.05, 0.1) is 19.1 Å². The Balaban J connectivity index is 1.79. The molecule has 9 nitrogen and oxygen atoms in total. The highest BCUT2D eigenvalue weighted by Gasteiger charge is 2.57. The van der Waals surface area contributed by atoms with Crippen LogP contribution in [0.4, 0.5) is 0 Å². The van der Waals surface area contributed by atoms with Crippen molar-refractivity contribution in [2.24, 2.45) is 13.0 Å². The number of fused-ring (bicyclic) bond motifs is 1. The molecule has 31 heavy (non-hydrogen) atoms. The summed E-state index contributed by atoms with van der Waals surface area (Å²) in [4.78, 5) is 28.1. The van der Waals surface area contributed by atoms with E-state index in [0.717, 1.165) is 4.91 Å². The van der Waals surface area contributed by atoms with E-state index in [1.807, 2.05) is 6.92 Å². The molecular weight excluding hydrogens is 475 g/mol. The van der Waals surface area contributed by atoms with Crippen molar-refractivity contribution >= 4 is 53.5 Å². The fourth-order valence-electron chi connectivity index (χ4n) is 3.13. The number of hydrogen-bond acceptors (Lipinski definition) is 10. The van der Waals surface area contributed by atoms with Gasteiger partial charge in [-0.3, -0.25) is 9.69 Å². The van der Waals surface area contributed by atoms with E-state index in [-0.39, 0.29) is 28.3 Å². The Morgan fingerprint density at radius 1 is 1.35 bits per heavy atom. The van der Waals surface area contributed by atoms with Gasteiger partial charge in [0.2, 0.25) is 11.1 Å².